The van der Waals surface area contributed by atoms with Gasteiger partial charge in [0.1, 0.15) is 15.6 Å². The quantitative estimate of drug-likeness (QED) is 0.283. The van der Waals surface area contributed by atoms with Gasteiger partial charge in [0.25, 0.3) is 11.8 Å². The third kappa shape index (κ3) is 4.77. The molecule has 37 heavy (non-hydrogen) atoms. The van der Waals surface area contributed by atoms with E-state index >= 15 is 0 Å². The number of alkyl halides is 4. The van der Waals surface area contributed by atoms with E-state index < -0.39 is 56.4 Å². The summed E-state index contributed by atoms with van der Waals surface area (Å²) in [4.78, 5) is 25.6. The number of hydrogen-bond donors (Lipinski definition) is 2. The molecule has 1 aliphatic carbocycles. The van der Waals surface area contributed by atoms with Crippen LogP contribution in [0.25, 0.3) is 0 Å². The zero-order chi connectivity index (χ0) is 27.3. The molecule has 2 atom stereocenters. The Morgan fingerprint density at radius 1 is 0.973 bits per heavy atom. The summed E-state index contributed by atoms with van der Waals surface area (Å²) in [7, 11) is 0. The van der Waals surface area contributed by atoms with Crippen LogP contribution in [-0.2, 0) is 16.1 Å². The fourth-order valence-corrected chi connectivity index (χ4v) is 6.30. The molecule has 1 aliphatic rings. The van der Waals surface area contributed by atoms with Crippen molar-refractivity contribution >= 4 is 69.8 Å². The second-order valence-corrected chi connectivity index (χ2v) is 11.1. The van der Waals surface area contributed by atoms with Gasteiger partial charge < -0.3 is 11.1 Å². The minimum atomic E-state index is -3.43. The molecule has 3 N–H and O–H groups in total. The van der Waals surface area contributed by atoms with Gasteiger partial charge in [-0.25, -0.2) is 4.39 Å². The van der Waals surface area contributed by atoms with Crippen LogP contribution in [0.1, 0.15) is 33.0 Å². The smallest absolute Gasteiger partial charge is 0.290 e. The second kappa shape index (κ2) is 9.86. The number of amides is 2. The molecular weight excluding hydrogens is 595 g/mol. The van der Waals surface area contributed by atoms with Crippen LogP contribution in [0.4, 0.5) is 13.2 Å². The molecule has 1 saturated carbocycles. The number of carbonyl (C=O) groups excluding carboxylic acids is 2. The van der Waals surface area contributed by atoms with Crippen LogP contribution in [0.15, 0.2) is 60.7 Å². The van der Waals surface area contributed by atoms with E-state index in [-0.39, 0.29) is 21.2 Å². The molecule has 12 heteroatoms. The van der Waals surface area contributed by atoms with Crippen LogP contribution in [-0.4, -0.2) is 22.7 Å². The fourth-order valence-electron chi connectivity index (χ4n) is 4.47. The van der Waals surface area contributed by atoms with Crippen molar-refractivity contribution in [2.45, 2.75) is 21.6 Å². The number of hydrogen-bond acceptors (Lipinski definition) is 2. The molecule has 0 bridgehead atoms. The summed E-state index contributed by atoms with van der Waals surface area (Å²) in [5.41, 5.74) is 3.11. The maximum atomic E-state index is 14.9. The van der Waals surface area contributed by atoms with Crippen molar-refractivity contribution in [3.05, 3.63) is 104 Å². The monoisotopic (exact) mass is 608 g/mol. The molecule has 0 aliphatic heterocycles. The number of carbonyl (C=O) groups is 2. The summed E-state index contributed by atoms with van der Waals surface area (Å²) in [6.45, 7) is -1.10. The van der Waals surface area contributed by atoms with E-state index in [2.05, 4.69) is 5.32 Å². The number of primary amides is 1. The van der Waals surface area contributed by atoms with Crippen LogP contribution in [0, 0.1) is 5.82 Å². The third-order valence-corrected chi connectivity index (χ3v) is 8.09. The lowest BCUT2D eigenvalue weighted by molar-refractivity contribution is -0.120. The highest BCUT2D eigenvalue weighted by molar-refractivity contribution is 6.55. The van der Waals surface area contributed by atoms with E-state index in [1.54, 1.807) is 6.07 Å². The molecule has 3 aromatic carbocycles. The van der Waals surface area contributed by atoms with Gasteiger partial charge in [-0.3, -0.25) is 9.59 Å². The normalized spacial score (nSPS) is 20.4. The lowest BCUT2D eigenvalue weighted by atomic mass is 9.88. The van der Waals surface area contributed by atoms with E-state index in [0.29, 0.717) is 5.56 Å². The van der Waals surface area contributed by atoms with Gasteiger partial charge in [-0.05, 0) is 41.5 Å². The molecule has 0 radical (unpaired) electrons. The molecule has 4 rings (SSSR count). The summed E-state index contributed by atoms with van der Waals surface area (Å²) in [6, 6.07) is 13.1. The average molecular weight is 611 g/mol. The lowest BCUT2D eigenvalue weighted by Crippen LogP contribution is -2.36. The van der Waals surface area contributed by atoms with E-state index in [1.807, 2.05) is 0 Å². The van der Waals surface area contributed by atoms with Crippen LogP contribution in [0.3, 0.4) is 0 Å². The van der Waals surface area contributed by atoms with Crippen molar-refractivity contribution in [3.8, 4) is 0 Å². The number of halogens is 8. The summed E-state index contributed by atoms with van der Waals surface area (Å²) >= 11 is 31.2. The predicted molar refractivity (Wildman–Crippen MR) is 139 cm³/mol. The summed E-state index contributed by atoms with van der Waals surface area (Å²) < 4.78 is 42.2. The fraction of sp³-hybridized carbons (Fsp3) is 0.200. The first kappa shape index (κ1) is 27.9. The molecular formula is C25H16Cl5F3N2O2. The summed E-state index contributed by atoms with van der Waals surface area (Å²) in [6.07, 6.45) is 0. The first-order valence-electron chi connectivity index (χ1n) is 10.6. The zero-order valence-corrected chi connectivity index (χ0v) is 22.3. The molecule has 4 nitrogen and oxygen atoms in total. The van der Waals surface area contributed by atoms with E-state index in [9.17, 15) is 22.8 Å². The highest BCUT2D eigenvalue weighted by atomic mass is 35.5. The SMILES string of the molecule is NC(=O)C1(c2cc(F)c(Cl)c(C(=O)NCC(F)(F)c3ccccc3)c2)C(c2cc(Cl)cc(Cl)c2)C1(Cl)Cl. The van der Waals surface area contributed by atoms with Crippen molar-refractivity contribution in [2.75, 3.05) is 6.54 Å². The Bertz CT molecular complexity index is 1380. The van der Waals surface area contributed by atoms with Crippen molar-refractivity contribution in [3.63, 3.8) is 0 Å². The Morgan fingerprint density at radius 2 is 1.57 bits per heavy atom. The van der Waals surface area contributed by atoms with Crippen LogP contribution < -0.4 is 11.1 Å². The minimum Gasteiger partial charge on any atom is -0.369 e. The van der Waals surface area contributed by atoms with Gasteiger partial charge in [0.05, 0.1) is 17.1 Å². The molecule has 0 heterocycles. The van der Waals surface area contributed by atoms with Gasteiger partial charge in [0.2, 0.25) is 5.91 Å². The molecule has 2 amide bonds. The molecule has 0 saturated heterocycles. The molecule has 0 aromatic heterocycles. The maximum Gasteiger partial charge on any atom is 0.290 e. The first-order chi connectivity index (χ1) is 17.2. The van der Waals surface area contributed by atoms with Gasteiger partial charge in [0, 0.05) is 21.5 Å². The molecule has 2 unspecified atom stereocenters. The third-order valence-electron chi connectivity index (χ3n) is 6.24. The Labute approximate surface area is 234 Å². The molecule has 194 valence electrons. The van der Waals surface area contributed by atoms with Crippen LogP contribution in [0.2, 0.25) is 15.1 Å². The van der Waals surface area contributed by atoms with Crippen molar-refractivity contribution in [1.82, 2.24) is 5.32 Å². The Hall–Kier alpha value is -2.16. The minimum absolute atomic E-state index is 0.173. The summed E-state index contributed by atoms with van der Waals surface area (Å²) in [5.74, 6) is -7.71. The van der Waals surface area contributed by atoms with Crippen LogP contribution >= 0.6 is 58.0 Å². The first-order valence-corrected chi connectivity index (χ1v) is 12.5. The Balaban J connectivity index is 1.73. The van der Waals surface area contributed by atoms with Gasteiger partial charge in [-0.1, -0.05) is 88.3 Å². The summed E-state index contributed by atoms with van der Waals surface area (Å²) in [5, 5.41) is 1.85. The van der Waals surface area contributed by atoms with Gasteiger partial charge in [-0.15, -0.1) is 0 Å². The molecule has 0 spiro atoms. The van der Waals surface area contributed by atoms with Gasteiger partial charge >= 0.3 is 0 Å². The lowest BCUT2D eigenvalue weighted by Gasteiger charge is -2.20. The number of nitrogens with one attached hydrogen (secondary N) is 1. The Kier molecular flexibility index (Phi) is 7.42. The average Bonchev–Trinajstić information content (AvgIpc) is 3.36. The highest BCUT2D eigenvalue weighted by Crippen LogP contribution is 2.74. The van der Waals surface area contributed by atoms with Gasteiger partial charge in [-0.2, -0.15) is 8.78 Å². The van der Waals surface area contributed by atoms with Crippen molar-refractivity contribution < 1.29 is 22.8 Å². The largest absolute Gasteiger partial charge is 0.369 e. The van der Waals surface area contributed by atoms with Crippen molar-refractivity contribution in [1.29, 1.82) is 0 Å². The van der Waals surface area contributed by atoms with Crippen LogP contribution in [0.5, 0.6) is 0 Å². The van der Waals surface area contributed by atoms with Gasteiger partial charge in [0.15, 0.2) is 0 Å². The Morgan fingerprint density at radius 3 is 2.14 bits per heavy atom. The number of nitrogens with two attached hydrogens (primary N) is 1. The zero-order valence-electron chi connectivity index (χ0n) is 18.5. The van der Waals surface area contributed by atoms with Crippen molar-refractivity contribution in [2.24, 2.45) is 5.73 Å². The number of benzene rings is 3. The van der Waals surface area contributed by atoms with E-state index in [1.165, 1.54) is 42.5 Å². The maximum absolute atomic E-state index is 14.9. The van der Waals surface area contributed by atoms with E-state index in [0.717, 1.165) is 12.1 Å². The highest BCUT2D eigenvalue weighted by Gasteiger charge is 2.81. The topological polar surface area (TPSA) is 72.2 Å². The second-order valence-electron chi connectivity index (χ2n) is 8.50. The molecule has 3 aromatic rings. The number of rotatable bonds is 7. The van der Waals surface area contributed by atoms with E-state index in [4.69, 9.17) is 63.7 Å². The predicted octanol–water partition coefficient (Wildman–Crippen LogP) is 7.00. The molecule has 1 fully saturated rings. The standard InChI is InChI=1S/C25H16Cl5F3N2O2/c26-15-6-12(7-16(27)10-15)20-24(22(34)37,25(20,29)30)14-8-17(19(28)18(31)9-14)21(36)35-11-23(32,33)13-4-2-1-3-5-13/h1-10,20H,11H2,(H2,34,37)(H,35,36).